The van der Waals surface area contributed by atoms with Crippen LogP contribution in [0.25, 0.3) is 0 Å². The van der Waals surface area contributed by atoms with Crippen molar-refractivity contribution >= 4 is 15.9 Å². The first-order valence-electron chi connectivity index (χ1n) is 7.36. The number of piperidine rings is 1. The number of likely N-dealkylation sites (tertiary alicyclic amines) is 1. The van der Waals surface area contributed by atoms with E-state index in [1.807, 2.05) is 0 Å². The lowest BCUT2D eigenvalue weighted by atomic mass is 10.1. The second-order valence-corrected chi connectivity index (χ2v) is 6.63. The van der Waals surface area contributed by atoms with Crippen molar-refractivity contribution < 1.29 is 0 Å². The van der Waals surface area contributed by atoms with Gasteiger partial charge in [-0.25, -0.2) is 0 Å². The molecule has 1 N–H and O–H groups in total. The maximum Gasteiger partial charge on any atom is 0.0211 e. The first-order valence-corrected chi connectivity index (χ1v) is 8.15. The Labute approximate surface area is 125 Å². The lowest BCUT2D eigenvalue weighted by Gasteiger charge is -2.29. The van der Waals surface area contributed by atoms with E-state index in [2.05, 4.69) is 58.2 Å². The molecule has 1 aliphatic rings. The molecule has 1 atom stereocenters. The minimum atomic E-state index is 0.552. The zero-order valence-corrected chi connectivity index (χ0v) is 13.7. The van der Waals surface area contributed by atoms with Gasteiger partial charge < -0.3 is 10.2 Å². The molecule has 1 aromatic carbocycles. The fourth-order valence-corrected chi connectivity index (χ4v) is 3.12. The Morgan fingerprint density at radius 3 is 2.74 bits per heavy atom. The second kappa shape index (κ2) is 7.41. The molecule has 0 radical (unpaired) electrons. The van der Waals surface area contributed by atoms with Gasteiger partial charge in [0.25, 0.3) is 0 Å². The third-order valence-electron chi connectivity index (χ3n) is 3.93. The molecular weight excluding hydrogens is 300 g/mol. The topological polar surface area (TPSA) is 15.3 Å². The molecule has 2 nitrogen and oxygen atoms in total. The van der Waals surface area contributed by atoms with Crippen LogP contribution in [-0.4, -0.2) is 30.6 Å². The molecule has 0 aromatic heterocycles. The highest BCUT2D eigenvalue weighted by atomic mass is 79.9. The van der Waals surface area contributed by atoms with Crippen molar-refractivity contribution in [3.63, 3.8) is 0 Å². The predicted molar refractivity (Wildman–Crippen MR) is 85.5 cm³/mol. The number of halogens is 1. The zero-order chi connectivity index (χ0) is 13.7. The molecule has 1 unspecified atom stereocenters. The van der Waals surface area contributed by atoms with Crippen LogP contribution < -0.4 is 5.32 Å². The molecule has 0 bridgehead atoms. The fourth-order valence-electron chi connectivity index (χ4n) is 2.71. The van der Waals surface area contributed by atoms with E-state index in [1.165, 1.54) is 54.5 Å². The maximum atomic E-state index is 3.65. The summed E-state index contributed by atoms with van der Waals surface area (Å²) < 4.78 is 1.17. The molecule has 0 spiro atoms. The highest BCUT2D eigenvalue weighted by molar-refractivity contribution is 9.10. The monoisotopic (exact) mass is 324 g/mol. The molecule has 1 fully saturated rings. The Kier molecular flexibility index (Phi) is 5.86. The van der Waals surface area contributed by atoms with Gasteiger partial charge in [-0.1, -0.05) is 28.4 Å². The van der Waals surface area contributed by atoms with Crippen LogP contribution in [0.5, 0.6) is 0 Å². The largest absolute Gasteiger partial charge is 0.309 e. The van der Waals surface area contributed by atoms with E-state index >= 15 is 0 Å². The highest BCUT2D eigenvalue weighted by Gasteiger charge is 2.13. The van der Waals surface area contributed by atoms with Crippen molar-refractivity contribution in [3.8, 4) is 0 Å². The van der Waals surface area contributed by atoms with E-state index in [1.54, 1.807) is 0 Å². The summed E-state index contributed by atoms with van der Waals surface area (Å²) in [5, 5.41) is 3.65. The first-order chi connectivity index (χ1) is 9.15. The summed E-state index contributed by atoms with van der Waals surface area (Å²) in [4.78, 5) is 2.59. The third kappa shape index (κ3) is 4.90. The molecule has 0 amide bonds. The number of nitrogens with one attached hydrogen (secondary N) is 1. The Morgan fingerprint density at radius 1 is 1.26 bits per heavy atom. The summed E-state index contributed by atoms with van der Waals surface area (Å²) in [5.74, 6) is 0. The second-order valence-electron chi connectivity index (χ2n) is 5.71. The van der Waals surface area contributed by atoms with E-state index in [9.17, 15) is 0 Å². The Bertz CT molecular complexity index is 400. The van der Waals surface area contributed by atoms with Crippen LogP contribution in [0.3, 0.4) is 0 Å². The van der Waals surface area contributed by atoms with Crippen LogP contribution in [-0.2, 0) is 6.54 Å². The third-order valence-corrected chi connectivity index (χ3v) is 4.43. The number of nitrogens with zero attached hydrogens (tertiary/aromatic N) is 1. The fraction of sp³-hybridized carbons (Fsp3) is 0.625. The molecule has 3 heteroatoms. The van der Waals surface area contributed by atoms with Crippen molar-refractivity contribution in [1.82, 2.24) is 10.2 Å². The van der Waals surface area contributed by atoms with Gasteiger partial charge in [0, 0.05) is 23.6 Å². The molecule has 19 heavy (non-hydrogen) atoms. The van der Waals surface area contributed by atoms with Gasteiger partial charge in [-0.05, 0) is 63.0 Å². The van der Waals surface area contributed by atoms with Gasteiger partial charge in [-0.3, -0.25) is 0 Å². The Hall–Kier alpha value is -0.380. The molecule has 0 aliphatic carbocycles. The van der Waals surface area contributed by atoms with Crippen molar-refractivity contribution in [1.29, 1.82) is 0 Å². The first kappa shape index (κ1) is 15.0. The predicted octanol–water partition coefficient (Wildman–Crippen LogP) is 3.72. The Balaban J connectivity index is 1.79. The van der Waals surface area contributed by atoms with Crippen LogP contribution in [0.1, 0.15) is 37.3 Å². The van der Waals surface area contributed by atoms with Crippen molar-refractivity contribution in [2.45, 2.75) is 45.7 Å². The lowest BCUT2D eigenvalue weighted by molar-refractivity contribution is 0.209. The molecule has 106 valence electrons. The van der Waals surface area contributed by atoms with Gasteiger partial charge in [0.15, 0.2) is 0 Å². The van der Waals surface area contributed by atoms with Crippen LogP contribution in [0, 0.1) is 6.92 Å². The van der Waals surface area contributed by atoms with Gasteiger partial charge in [0.05, 0.1) is 0 Å². The minimum Gasteiger partial charge on any atom is -0.309 e. The number of hydrogen-bond acceptors (Lipinski definition) is 2. The van der Waals surface area contributed by atoms with Gasteiger partial charge in [0.1, 0.15) is 0 Å². The van der Waals surface area contributed by atoms with E-state index in [0.717, 1.165) is 6.54 Å². The smallest absolute Gasteiger partial charge is 0.0211 e. The summed E-state index contributed by atoms with van der Waals surface area (Å²) in [7, 11) is 0. The van der Waals surface area contributed by atoms with Gasteiger partial charge in [0.2, 0.25) is 0 Å². The van der Waals surface area contributed by atoms with E-state index in [4.69, 9.17) is 0 Å². The van der Waals surface area contributed by atoms with Crippen molar-refractivity contribution in [2.75, 3.05) is 19.6 Å². The van der Waals surface area contributed by atoms with Crippen LogP contribution in [0.2, 0.25) is 0 Å². The van der Waals surface area contributed by atoms with Crippen LogP contribution in [0.4, 0.5) is 0 Å². The molecule has 2 rings (SSSR count). The molecule has 0 saturated carbocycles. The minimum absolute atomic E-state index is 0.552. The highest BCUT2D eigenvalue weighted by Crippen LogP contribution is 2.16. The van der Waals surface area contributed by atoms with E-state index in [0.29, 0.717) is 6.04 Å². The summed E-state index contributed by atoms with van der Waals surface area (Å²) in [6, 6.07) is 7.05. The number of aryl methyl sites for hydroxylation is 1. The van der Waals surface area contributed by atoms with Crippen molar-refractivity contribution in [2.24, 2.45) is 0 Å². The van der Waals surface area contributed by atoms with Crippen LogP contribution >= 0.6 is 15.9 Å². The molecule has 1 aliphatic heterocycles. The summed E-state index contributed by atoms with van der Waals surface area (Å²) in [5.41, 5.74) is 2.75. The van der Waals surface area contributed by atoms with Crippen molar-refractivity contribution in [3.05, 3.63) is 33.8 Å². The van der Waals surface area contributed by atoms with Gasteiger partial charge >= 0.3 is 0 Å². The lowest BCUT2D eigenvalue weighted by Crippen LogP contribution is -2.41. The van der Waals surface area contributed by atoms with E-state index < -0.39 is 0 Å². The van der Waals surface area contributed by atoms with E-state index in [-0.39, 0.29) is 0 Å². The number of hydrogen-bond donors (Lipinski definition) is 1. The quantitative estimate of drug-likeness (QED) is 0.888. The SMILES string of the molecule is Cc1ccc(Br)cc1CNC(C)CN1CCCCC1. The molecule has 1 heterocycles. The van der Waals surface area contributed by atoms with Gasteiger partial charge in [-0.2, -0.15) is 0 Å². The summed E-state index contributed by atoms with van der Waals surface area (Å²) >= 11 is 3.55. The summed E-state index contributed by atoms with van der Waals surface area (Å²) in [6.07, 6.45) is 4.16. The standard InChI is InChI=1S/C16H25BrN2/c1-13-6-7-16(17)10-15(13)11-18-14(2)12-19-8-4-3-5-9-19/h6-7,10,14,18H,3-5,8-9,11-12H2,1-2H3. The average molecular weight is 325 g/mol. The average Bonchev–Trinajstić information content (AvgIpc) is 2.41. The van der Waals surface area contributed by atoms with Crippen LogP contribution in [0.15, 0.2) is 22.7 Å². The van der Waals surface area contributed by atoms with Gasteiger partial charge in [-0.15, -0.1) is 0 Å². The zero-order valence-electron chi connectivity index (χ0n) is 12.1. The summed E-state index contributed by atoms with van der Waals surface area (Å²) in [6.45, 7) is 9.16. The molecule has 1 saturated heterocycles. The number of benzene rings is 1. The number of rotatable bonds is 5. The molecule has 1 aromatic rings. The maximum absolute atomic E-state index is 3.65. The molecular formula is C16H25BrN2. The Morgan fingerprint density at radius 2 is 2.00 bits per heavy atom. The normalized spacial score (nSPS) is 18.5.